The number of nitrogens with one attached hydrogen (secondary N) is 1. The molecule has 3 nitrogen and oxygen atoms in total. The third-order valence-corrected chi connectivity index (χ3v) is 3.67. The van der Waals surface area contributed by atoms with E-state index in [1.54, 1.807) is 0 Å². The van der Waals surface area contributed by atoms with E-state index in [1.807, 2.05) is 0 Å². The first-order chi connectivity index (χ1) is 8.99. The predicted octanol–water partition coefficient (Wildman–Crippen LogP) is 3.56. The zero-order valence-corrected chi connectivity index (χ0v) is 13.6. The zero-order chi connectivity index (χ0) is 14.7. The molecule has 0 saturated heterocycles. The predicted molar refractivity (Wildman–Crippen MR) is 83.2 cm³/mol. The van der Waals surface area contributed by atoms with E-state index in [1.165, 1.54) is 25.8 Å². The topological polar surface area (TPSA) is 39.1 Å². The molecule has 3 heteroatoms. The summed E-state index contributed by atoms with van der Waals surface area (Å²) in [6, 6.07) is 2.86. The van der Waals surface area contributed by atoms with Crippen LogP contribution in [0.3, 0.4) is 0 Å². The molecule has 112 valence electrons. The smallest absolute Gasteiger partial charge is 0.106 e. The van der Waals surface area contributed by atoms with Gasteiger partial charge in [0.2, 0.25) is 0 Å². The maximum atomic E-state index is 9.44. The third-order valence-electron chi connectivity index (χ3n) is 3.67. The zero-order valence-electron chi connectivity index (χ0n) is 13.6. The Morgan fingerprint density at radius 3 is 2.26 bits per heavy atom. The van der Waals surface area contributed by atoms with Crippen molar-refractivity contribution in [2.75, 3.05) is 20.1 Å². The highest BCUT2D eigenvalue weighted by Gasteiger charge is 2.27. The molecular weight excluding hydrogens is 234 g/mol. The molecule has 0 amide bonds. The first-order valence-corrected chi connectivity index (χ1v) is 7.87. The molecule has 0 heterocycles. The maximum absolute atomic E-state index is 9.44. The van der Waals surface area contributed by atoms with E-state index in [4.69, 9.17) is 0 Å². The van der Waals surface area contributed by atoms with Crippen LogP contribution in [-0.4, -0.2) is 36.6 Å². The molecule has 0 saturated carbocycles. The van der Waals surface area contributed by atoms with Crippen LogP contribution < -0.4 is 5.32 Å². The molecule has 1 atom stereocenters. The summed E-state index contributed by atoms with van der Waals surface area (Å²) < 4.78 is 0. The van der Waals surface area contributed by atoms with Crippen molar-refractivity contribution in [2.45, 2.75) is 77.8 Å². The SMILES string of the molecule is CCCCCN(C)CCCC(C#N)(CC)NC(C)C. The second kappa shape index (κ2) is 10.2. The summed E-state index contributed by atoms with van der Waals surface area (Å²) in [6.45, 7) is 10.8. The van der Waals surface area contributed by atoms with Gasteiger partial charge in [-0.15, -0.1) is 0 Å². The van der Waals surface area contributed by atoms with Gasteiger partial charge in [-0.1, -0.05) is 26.7 Å². The van der Waals surface area contributed by atoms with E-state index in [0.717, 1.165) is 25.8 Å². The van der Waals surface area contributed by atoms with Crippen molar-refractivity contribution in [2.24, 2.45) is 0 Å². The highest BCUT2D eigenvalue weighted by molar-refractivity contribution is 5.06. The fourth-order valence-corrected chi connectivity index (χ4v) is 2.47. The summed E-state index contributed by atoms with van der Waals surface area (Å²) in [7, 11) is 2.19. The van der Waals surface area contributed by atoms with Gasteiger partial charge in [-0.3, -0.25) is 5.32 Å². The maximum Gasteiger partial charge on any atom is 0.106 e. The largest absolute Gasteiger partial charge is 0.306 e. The molecule has 19 heavy (non-hydrogen) atoms. The lowest BCUT2D eigenvalue weighted by Crippen LogP contribution is -2.47. The molecule has 0 aromatic heterocycles. The van der Waals surface area contributed by atoms with Crippen molar-refractivity contribution < 1.29 is 0 Å². The molecule has 0 aromatic rings. The highest BCUT2D eigenvalue weighted by atomic mass is 15.1. The van der Waals surface area contributed by atoms with Gasteiger partial charge < -0.3 is 4.90 Å². The van der Waals surface area contributed by atoms with Gasteiger partial charge in [0, 0.05) is 6.04 Å². The van der Waals surface area contributed by atoms with Crippen molar-refractivity contribution in [1.82, 2.24) is 10.2 Å². The summed E-state index contributed by atoms with van der Waals surface area (Å²) in [5, 5.41) is 12.9. The minimum absolute atomic E-state index is 0.335. The van der Waals surface area contributed by atoms with Gasteiger partial charge in [0.05, 0.1) is 6.07 Å². The minimum Gasteiger partial charge on any atom is -0.306 e. The van der Waals surface area contributed by atoms with Gasteiger partial charge in [-0.25, -0.2) is 0 Å². The van der Waals surface area contributed by atoms with E-state index < -0.39 is 0 Å². The lowest BCUT2D eigenvalue weighted by Gasteiger charge is -2.29. The molecule has 0 aliphatic heterocycles. The van der Waals surface area contributed by atoms with Crippen molar-refractivity contribution in [3.63, 3.8) is 0 Å². The Balaban J connectivity index is 4.03. The average Bonchev–Trinajstić information content (AvgIpc) is 2.37. The highest BCUT2D eigenvalue weighted by Crippen LogP contribution is 2.18. The van der Waals surface area contributed by atoms with E-state index in [2.05, 4.69) is 51.0 Å². The van der Waals surface area contributed by atoms with Gasteiger partial charge in [0.25, 0.3) is 0 Å². The first-order valence-electron chi connectivity index (χ1n) is 7.87. The second-order valence-electron chi connectivity index (χ2n) is 5.96. The van der Waals surface area contributed by atoms with Crippen molar-refractivity contribution in [3.8, 4) is 6.07 Å². The summed E-state index contributed by atoms with van der Waals surface area (Å²) in [5.74, 6) is 0. The van der Waals surface area contributed by atoms with Gasteiger partial charge in [0.1, 0.15) is 5.54 Å². The quantitative estimate of drug-likeness (QED) is 0.582. The van der Waals surface area contributed by atoms with E-state index in [0.29, 0.717) is 6.04 Å². The number of hydrogen-bond acceptors (Lipinski definition) is 3. The molecule has 0 radical (unpaired) electrons. The molecule has 0 aliphatic rings. The minimum atomic E-state index is -0.335. The van der Waals surface area contributed by atoms with E-state index in [9.17, 15) is 5.26 Å². The number of hydrogen-bond donors (Lipinski definition) is 1. The standard InChI is InChI=1S/C16H33N3/c1-6-8-9-12-19(5)13-10-11-16(7-2,14-17)18-15(3)4/h15,18H,6-13H2,1-5H3. The average molecular weight is 267 g/mol. The summed E-state index contributed by atoms with van der Waals surface area (Å²) >= 11 is 0. The molecule has 1 N–H and O–H groups in total. The molecule has 1 unspecified atom stereocenters. The number of nitriles is 1. The van der Waals surface area contributed by atoms with Crippen LogP contribution in [0.25, 0.3) is 0 Å². The Labute approximate surface area is 120 Å². The van der Waals surface area contributed by atoms with Crippen molar-refractivity contribution in [3.05, 3.63) is 0 Å². The fourth-order valence-electron chi connectivity index (χ4n) is 2.47. The van der Waals surface area contributed by atoms with E-state index >= 15 is 0 Å². The Morgan fingerprint density at radius 2 is 1.79 bits per heavy atom. The van der Waals surface area contributed by atoms with Gasteiger partial charge in [-0.05, 0) is 59.7 Å². The van der Waals surface area contributed by atoms with Crippen molar-refractivity contribution in [1.29, 1.82) is 5.26 Å². The number of unbranched alkanes of at least 4 members (excludes halogenated alkanes) is 2. The lowest BCUT2D eigenvalue weighted by molar-refractivity contribution is 0.281. The monoisotopic (exact) mass is 267 g/mol. The van der Waals surface area contributed by atoms with Crippen LogP contribution in [0, 0.1) is 11.3 Å². The molecular formula is C16H33N3. The first kappa shape index (κ1) is 18.4. The number of nitrogens with zero attached hydrogens (tertiary/aromatic N) is 2. The van der Waals surface area contributed by atoms with Gasteiger partial charge in [-0.2, -0.15) is 5.26 Å². The summed E-state index contributed by atoms with van der Waals surface area (Å²) in [5.41, 5.74) is -0.335. The Bertz CT molecular complexity index is 257. The van der Waals surface area contributed by atoms with Crippen LogP contribution in [0.5, 0.6) is 0 Å². The number of rotatable bonds is 11. The molecule has 0 rings (SSSR count). The van der Waals surface area contributed by atoms with Crippen LogP contribution >= 0.6 is 0 Å². The molecule has 0 aromatic carbocycles. The lowest BCUT2D eigenvalue weighted by atomic mass is 9.91. The third kappa shape index (κ3) is 8.23. The molecule has 0 spiro atoms. The van der Waals surface area contributed by atoms with Crippen LogP contribution in [0.1, 0.15) is 66.2 Å². The van der Waals surface area contributed by atoms with Gasteiger partial charge in [0.15, 0.2) is 0 Å². The normalized spacial score (nSPS) is 14.6. The molecule has 0 aliphatic carbocycles. The van der Waals surface area contributed by atoms with Gasteiger partial charge >= 0.3 is 0 Å². The summed E-state index contributed by atoms with van der Waals surface area (Å²) in [6.07, 6.45) is 6.78. The van der Waals surface area contributed by atoms with Crippen LogP contribution in [0.15, 0.2) is 0 Å². The van der Waals surface area contributed by atoms with Crippen molar-refractivity contribution >= 4 is 0 Å². The van der Waals surface area contributed by atoms with Crippen LogP contribution in [-0.2, 0) is 0 Å². The van der Waals surface area contributed by atoms with E-state index in [-0.39, 0.29) is 5.54 Å². The molecule has 0 fully saturated rings. The Morgan fingerprint density at radius 1 is 1.16 bits per heavy atom. The molecule has 0 bridgehead atoms. The Hall–Kier alpha value is -0.590. The fraction of sp³-hybridized carbons (Fsp3) is 0.938. The second-order valence-corrected chi connectivity index (χ2v) is 5.96. The Kier molecular flexibility index (Phi) is 9.91. The van der Waals surface area contributed by atoms with Crippen LogP contribution in [0.4, 0.5) is 0 Å². The van der Waals surface area contributed by atoms with Crippen LogP contribution in [0.2, 0.25) is 0 Å². The summed E-state index contributed by atoms with van der Waals surface area (Å²) in [4.78, 5) is 2.39.